The second kappa shape index (κ2) is 8.54. The van der Waals surface area contributed by atoms with Gasteiger partial charge in [-0.3, -0.25) is 9.78 Å². The van der Waals surface area contributed by atoms with Gasteiger partial charge in [0.1, 0.15) is 11.3 Å². The predicted molar refractivity (Wildman–Crippen MR) is 101 cm³/mol. The molecule has 6 heteroatoms. The highest BCUT2D eigenvalue weighted by atomic mass is 35.5. The van der Waals surface area contributed by atoms with Crippen molar-refractivity contribution in [3.63, 3.8) is 0 Å². The zero-order chi connectivity index (χ0) is 18.4. The van der Waals surface area contributed by atoms with Crippen molar-refractivity contribution >= 4 is 28.8 Å². The molecule has 3 aromatic rings. The van der Waals surface area contributed by atoms with Crippen LogP contribution in [0.25, 0.3) is 10.9 Å². The van der Waals surface area contributed by atoms with Gasteiger partial charge in [-0.05, 0) is 36.4 Å². The molecular formula is C20H18ClNO4. The molecule has 0 fully saturated rings. The Bertz CT molecular complexity index is 913. The Balaban J connectivity index is 1.59. The molecule has 0 aliphatic heterocycles. The van der Waals surface area contributed by atoms with Gasteiger partial charge in [-0.1, -0.05) is 17.7 Å². The number of hydrogen-bond donors (Lipinski definition) is 0. The highest BCUT2D eigenvalue weighted by Crippen LogP contribution is 2.31. The van der Waals surface area contributed by atoms with Crippen LogP contribution < -0.4 is 14.2 Å². The number of methoxy groups -OCH3 is 1. The number of rotatable bonds is 8. The Morgan fingerprint density at radius 3 is 2.69 bits per heavy atom. The third-order valence-corrected chi connectivity index (χ3v) is 4.16. The van der Waals surface area contributed by atoms with E-state index in [1.807, 2.05) is 18.2 Å². The molecule has 0 unspecified atom stereocenters. The van der Waals surface area contributed by atoms with Crippen LogP contribution in [0, 0.1) is 0 Å². The maximum atomic E-state index is 11.1. The SMILES string of the molecule is COc1cccc(C=O)c1OCCCOc1ccc(Cl)c2cccnc12. The summed E-state index contributed by atoms with van der Waals surface area (Å²) >= 11 is 6.18. The second-order valence-corrected chi connectivity index (χ2v) is 5.90. The smallest absolute Gasteiger partial charge is 0.171 e. The highest BCUT2D eigenvalue weighted by Gasteiger charge is 2.10. The molecule has 0 amide bonds. The minimum atomic E-state index is 0.389. The van der Waals surface area contributed by atoms with Crippen LogP contribution in [-0.2, 0) is 0 Å². The molecule has 0 spiro atoms. The Hall–Kier alpha value is -2.79. The number of halogens is 1. The molecular weight excluding hydrogens is 354 g/mol. The van der Waals surface area contributed by atoms with Gasteiger partial charge >= 0.3 is 0 Å². The monoisotopic (exact) mass is 371 g/mol. The van der Waals surface area contributed by atoms with Crippen molar-refractivity contribution in [3.8, 4) is 17.2 Å². The van der Waals surface area contributed by atoms with Crippen LogP contribution in [0.1, 0.15) is 16.8 Å². The molecule has 134 valence electrons. The third-order valence-electron chi connectivity index (χ3n) is 3.83. The van der Waals surface area contributed by atoms with Gasteiger partial charge in [0.25, 0.3) is 0 Å². The van der Waals surface area contributed by atoms with E-state index in [9.17, 15) is 4.79 Å². The lowest BCUT2D eigenvalue weighted by Crippen LogP contribution is -2.07. The van der Waals surface area contributed by atoms with Crippen LogP contribution in [0.4, 0.5) is 0 Å². The van der Waals surface area contributed by atoms with Gasteiger partial charge in [-0.25, -0.2) is 0 Å². The maximum absolute atomic E-state index is 11.1. The lowest BCUT2D eigenvalue weighted by Gasteiger charge is -2.13. The summed E-state index contributed by atoms with van der Waals surface area (Å²) in [6.07, 6.45) is 3.09. The topological polar surface area (TPSA) is 57.7 Å². The molecule has 26 heavy (non-hydrogen) atoms. The predicted octanol–water partition coefficient (Wildman–Crippen LogP) is 4.56. The molecule has 5 nitrogen and oxygen atoms in total. The Morgan fingerprint density at radius 1 is 1.04 bits per heavy atom. The van der Waals surface area contributed by atoms with E-state index in [0.29, 0.717) is 47.5 Å². The Kier molecular flexibility index (Phi) is 5.92. The molecule has 3 rings (SSSR count). The first-order chi connectivity index (χ1) is 12.7. The Morgan fingerprint density at radius 2 is 1.88 bits per heavy atom. The first-order valence-electron chi connectivity index (χ1n) is 8.15. The molecule has 0 aliphatic rings. The molecule has 0 bridgehead atoms. The van der Waals surface area contributed by atoms with E-state index in [2.05, 4.69) is 4.98 Å². The van der Waals surface area contributed by atoms with Crippen molar-refractivity contribution in [2.45, 2.75) is 6.42 Å². The quantitative estimate of drug-likeness (QED) is 0.429. The maximum Gasteiger partial charge on any atom is 0.171 e. The van der Waals surface area contributed by atoms with E-state index in [0.717, 1.165) is 17.2 Å². The lowest BCUT2D eigenvalue weighted by atomic mass is 10.2. The Labute approximate surface area is 156 Å². The second-order valence-electron chi connectivity index (χ2n) is 5.49. The van der Waals surface area contributed by atoms with Crippen LogP contribution >= 0.6 is 11.6 Å². The van der Waals surface area contributed by atoms with Crippen molar-refractivity contribution in [2.75, 3.05) is 20.3 Å². The largest absolute Gasteiger partial charge is 0.493 e. The molecule has 0 atom stereocenters. The number of aromatic nitrogens is 1. The van der Waals surface area contributed by atoms with Gasteiger partial charge in [0.05, 0.1) is 30.9 Å². The van der Waals surface area contributed by atoms with Gasteiger partial charge in [0.2, 0.25) is 0 Å². The first kappa shape index (κ1) is 18.0. The molecule has 0 N–H and O–H groups in total. The summed E-state index contributed by atoms with van der Waals surface area (Å²) in [5, 5.41) is 1.49. The minimum Gasteiger partial charge on any atom is -0.493 e. The van der Waals surface area contributed by atoms with Crippen molar-refractivity contribution < 1.29 is 19.0 Å². The van der Waals surface area contributed by atoms with Crippen molar-refractivity contribution in [1.29, 1.82) is 0 Å². The zero-order valence-corrected chi connectivity index (χ0v) is 15.0. The summed E-state index contributed by atoms with van der Waals surface area (Å²) < 4.78 is 16.8. The van der Waals surface area contributed by atoms with Crippen molar-refractivity contribution in [1.82, 2.24) is 4.98 Å². The number of carbonyl (C=O) groups is 1. The fourth-order valence-electron chi connectivity index (χ4n) is 2.58. The fourth-order valence-corrected chi connectivity index (χ4v) is 2.80. The summed E-state index contributed by atoms with van der Waals surface area (Å²) in [6, 6.07) is 12.5. The minimum absolute atomic E-state index is 0.389. The van der Waals surface area contributed by atoms with E-state index in [-0.39, 0.29) is 0 Å². The standard InChI is InChI=1S/C20H18ClNO4/c1-24-18-7-2-5-14(13-23)20(18)26-12-4-11-25-17-9-8-16(21)15-6-3-10-22-19(15)17/h2-3,5-10,13H,4,11-12H2,1H3. The van der Waals surface area contributed by atoms with E-state index < -0.39 is 0 Å². The molecule has 2 aromatic carbocycles. The summed E-state index contributed by atoms with van der Waals surface area (Å²) in [5.41, 5.74) is 1.19. The average Bonchev–Trinajstić information content (AvgIpc) is 2.69. The van der Waals surface area contributed by atoms with Gasteiger partial charge in [-0.2, -0.15) is 0 Å². The van der Waals surface area contributed by atoms with Crippen LogP contribution in [0.5, 0.6) is 17.2 Å². The third kappa shape index (κ3) is 3.89. The molecule has 0 radical (unpaired) electrons. The number of pyridine rings is 1. The van der Waals surface area contributed by atoms with E-state index in [1.165, 1.54) is 0 Å². The number of carbonyl (C=O) groups excluding carboxylic acids is 1. The first-order valence-corrected chi connectivity index (χ1v) is 8.53. The van der Waals surface area contributed by atoms with E-state index in [4.69, 9.17) is 25.8 Å². The van der Waals surface area contributed by atoms with Gasteiger partial charge < -0.3 is 14.2 Å². The van der Waals surface area contributed by atoms with Gasteiger partial charge in [0.15, 0.2) is 17.8 Å². The summed E-state index contributed by atoms with van der Waals surface area (Å²) in [4.78, 5) is 15.5. The normalized spacial score (nSPS) is 10.5. The number of hydrogen-bond acceptors (Lipinski definition) is 5. The van der Waals surface area contributed by atoms with E-state index >= 15 is 0 Å². The van der Waals surface area contributed by atoms with Crippen LogP contribution in [-0.4, -0.2) is 31.6 Å². The number of benzene rings is 2. The molecule has 0 aliphatic carbocycles. The van der Waals surface area contributed by atoms with Crippen LogP contribution in [0.15, 0.2) is 48.7 Å². The number of fused-ring (bicyclic) bond motifs is 1. The number of aldehydes is 1. The lowest BCUT2D eigenvalue weighted by molar-refractivity contribution is 0.111. The summed E-state index contributed by atoms with van der Waals surface area (Å²) in [7, 11) is 1.54. The van der Waals surface area contributed by atoms with Crippen LogP contribution in [0.3, 0.4) is 0 Å². The van der Waals surface area contributed by atoms with Crippen molar-refractivity contribution in [3.05, 3.63) is 59.2 Å². The number of para-hydroxylation sites is 1. The molecule has 1 aromatic heterocycles. The molecule has 1 heterocycles. The summed E-state index contributed by atoms with van der Waals surface area (Å²) in [5.74, 6) is 1.66. The van der Waals surface area contributed by atoms with Crippen molar-refractivity contribution in [2.24, 2.45) is 0 Å². The van der Waals surface area contributed by atoms with Crippen LogP contribution in [0.2, 0.25) is 5.02 Å². The van der Waals surface area contributed by atoms with Gasteiger partial charge in [0, 0.05) is 18.0 Å². The molecule has 0 saturated carbocycles. The highest BCUT2D eigenvalue weighted by molar-refractivity contribution is 6.35. The average molecular weight is 372 g/mol. The number of ether oxygens (including phenoxy) is 3. The van der Waals surface area contributed by atoms with E-state index in [1.54, 1.807) is 37.6 Å². The zero-order valence-electron chi connectivity index (χ0n) is 14.3. The fraction of sp³-hybridized carbons (Fsp3) is 0.200. The molecule has 0 saturated heterocycles. The number of nitrogens with zero attached hydrogens (tertiary/aromatic N) is 1. The van der Waals surface area contributed by atoms with Gasteiger partial charge in [-0.15, -0.1) is 0 Å². The summed E-state index contributed by atoms with van der Waals surface area (Å²) in [6.45, 7) is 0.832.